The van der Waals surface area contributed by atoms with Crippen molar-refractivity contribution >= 4 is 11.8 Å². The van der Waals surface area contributed by atoms with Gasteiger partial charge < -0.3 is 14.9 Å². The first-order valence-electron chi connectivity index (χ1n) is 5.74. The van der Waals surface area contributed by atoms with E-state index < -0.39 is 0 Å². The third-order valence-corrected chi connectivity index (χ3v) is 4.80. The zero-order chi connectivity index (χ0) is 11.3. The quantitative estimate of drug-likeness (QED) is 0.644. The summed E-state index contributed by atoms with van der Waals surface area (Å²) >= 11 is 0. The molecule has 2 aliphatic rings. The van der Waals surface area contributed by atoms with E-state index in [0.29, 0.717) is 11.8 Å². The first-order chi connectivity index (χ1) is 6.95. The van der Waals surface area contributed by atoms with Crippen molar-refractivity contribution in [3.05, 3.63) is 5.32 Å². The Morgan fingerprint density at radius 3 is 1.38 bits per heavy atom. The largest absolute Gasteiger partial charge is 3.00 e. The van der Waals surface area contributed by atoms with Crippen LogP contribution in [0.2, 0.25) is 0 Å². The van der Waals surface area contributed by atoms with Gasteiger partial charge in [-0.2, -0.15) is 0 Å². The van der Waals surface area contributed by atoms with E-state index in [-0.39, 0.29) is 68.2 Å². The molecule has 1 saturated carbocycles. The molecular formula is C12H18NO2Y+2. The van der Waals surface area contributed by atoms with Crippen molar-refractivity contribution in [2.45, 2.75) is 27.7 Å². The van der Waals surface area contributed by atoms with Gasteiger partial charge in [-0.3, -0.25) is 0 Å². The number of fused-ring (bicyclic) bond motifs is 1. The molecular weight excluding hydrogens is 279 g/mol. The van der Waals surface area contributed by atoms with E-state index in [1.807, 2.05) is 0 Å². The molecule has 1 saturated heterocycles. The second kappa shape index (κ2) is 4.85. The number of imide groups is 1. The molecule has 4 heteroatoms. The molecule has 0 bridgehead atoms. The summed E-state index contributed by atoms with van der Waals surface area (Å²) in [7, 11) is 0. The molecule has 0 N–H and O–H groups in total. The smallest absolute Gasteiger partial charge is 0.595 e. The maximum atomic E-state index is 11.6. The van der Waals surface area contributed by atoms with Crippen molar-refractivity contribution in [2.75, 3.05) is 0 Å². The summed E-state index contributed by atoms with van der Waals surface area (Å²) in [5.41, 5.74) is 0. The number of carbonyl (C=O) groups excluding carboxylic acids is 2. The topological polar surface area (TPSA) is 48.2 Å². The Hall–Kier alpha value is 0.244. The molecule has 16 heavy (non-hydrogen) atoms. The average molecular weight is 297 g/mol. The van der Waals surface area contributed by atoms with Gasteiger partial charge in [0.05, 0.1) is 11.8 Å². The van der Waals surface area contributed by atoms with Gasteiger partial charge in [0.1, 0.15) is 0 Å². The van der Waals surface area contributed by atoms with Crippen molar-refractivity contribution in [1.29, 1.82) is 0 Å². The summed E-state index contributed by atoms with van der Waals surface area (Å²) in [5, 5.41) is 3.63. The molecule has 1 heterocycles. The molecule has 2 rings (SSSR count). The standard InChI is InChI=1S/C12H19NO2.Y/c1-5-6(2)8(4)10-9(7(5)3)11(14)13-12(10)15;/h5-10H,1-4H3,(H,13,14,15);/q;+3/p-1. The predicted molar refractivity (Wildman–Crippen MR) is 57.0 cm³/mol. The van der Waals surface area contributed by atoms with Gasteiger partial charge in [-0.1, -0.05) is 27.7 Å². The zero-order valence-electron chi connectivity index (χ0n) is 10.3. The normalized spacial score (nSPS) is 47.0. The van der Waals surface area contributed by atoms with E-state index in [2.05, 4.69) is 33.0 Å². The van der Waals surface area contributed by atoms with Gasteiger partial charge in [0.15, 0.2) is 0 Å². The number of amides is 2. The Morgan fingerprint density at radius 1 is 0.750 bits per heavy atom. The van der Waals surface area contributed by atoms with Crippen LogP contribution in [0.1, 0.15) is 27.7 Å². The molecule has 0 aromatic heterocycles. The van der Waals surface area contributed by atoms with Gasteiger partial charge in [0, 0.05) is 11.8 Å². The third kappa shape index (κ3) is 1.90. The second-order valence-corrected chi connectivity index (χ2v) is 5.28. The number of carbonyl (C=O) groups is 2. The van der Waals surface area contributed by atoms with E-state index >= 15 is 0 Å². The number of nitrogens with zero attached hydrogens (tertiary/aromatic N) is 1. The van der Waals surface area contributed by atoms with Gasteiger partial charge in [0.2, 0.25) is 0 Å². The molecule has 1 aliphatic heterocycles. The molecule has 6 unspecified atom stereocenters. The fourth-order valence-corrected chi connectivity index (χ4v) is 3.28. The summed E-state index contributed by atoms with van der Waals surface area (Å²) < 4.78 is 0. The Balaban J connectivity index is 0.00000128. The van der Waals surface area contributed by atoms with Gasteiger partial charge in [-0.15, -0.1) is 0 Å². The van der Waals surface area contributed by atoms with E-state index in [1.54, 1.807) is 0 Å². The summed E-state index contributed by atoms with van der Waals surface area (Å²) in [5.74, 6) is 0.911. The summed E-state index contributed by atoms with van der Waals surface area (Å²) in [4.78, 5) is 23.3. The Labute approximate surface area is 122 Å². The molecule has 0 spiro atoms. The monoisotopic (exact) mass is 297 g/mol. The summed E-state index contributed by atoms with van der Waals surface area (Å²) in [6, 6.07) is 0. The van der Waals surface area contributed by atoms with Crippen LogP contribution in [0, 0.1) is 35.5 Å². The van der Waals surface area contributed by atoms with Crippen molar-refractivity contribution in [2.24, 2.45) is 35.5 Å². The Bertz CT molecular complexity index is 288. The number of hydrogen-bond acceptors (Lipinski definition) is 2. The second-order valence-electron chi connectivity index (χ2n) is 5.28. The SMILES string of the molecule is CC1C(C)C(C)C2C(=O)[N-]C(=O)C2C1C.[Y+3]. The van der Waals surface area contributed by atoms with Crippen molar-refractivity contribution in [3.8, 4) is 0 Å². The van der Waals surface area contributed by atoms with E-state index in [1.165, 1.54) is 0 Å². The average Bonchev–Trinajstić information content (AvgIpc) is 2.47. The van der Waals surface area contributed by atoms with E-state index in [4.69, 9.17) is 0 Å². The minimum atomic E-state index is -0.178. The summed E-state index contributed by atoms with van der Waals surface area (Å²) in [6.07, 6.45) is 0. The molecule has 2 amide bonds. The first kappa shape index (κ1) is 14.3. The van der Waals surface area contributed by atoms with Crippen LogP contribution in [-0.4, -0.2) is 11.8 Å². The number of rotatable bonds is 0. The molecule has 6 atom stereocenters. The van der Waals surface area contributed by atoms with Crippen LogP contribution in [0.25, 0.3) is 5.32 Å². The van der Waals surface area contributed by atoms with E-state index in [0.717, 1.165) is 0 Å². The molecule has 0 aromatic rings. The molecule has 84 valence electrons. The third-order valence-electron chi connectivity index (χ3n) is 4.80. The Morgan fingerprint density at radius 2 is 1.06 bits per heavy atom. The summed E-state index contributed by atoms with van der Waals surface area (Å²) in [6.45, 7) is 8.52. The maximum absolute atomic E-state index is 11.6. The minimum Gasteiger partial charge on any atom is -0.595 e. The van der Waals surface area contributed by atoms with Crippen LogP contribution in [0.4, 0.5) is 0 Å². The van der Waals surface area contributed by atoms with Gasteiger partial charge >= 0.3 is 32.7 Å². The minimum absolute atomic E-state index is 0. The molecule has 3 nitrogen and oxygen atoms in total. The van der Waals surface area contributed by atoms with Crippen molar-refractivity contribution < 1.29 is 42.3 Å². The molecule has 0 aromatic carbocycles. The van der Waals surface area contributed by atoms with Crippen LogP contribution in [0.3, 0.4) is 0 Å². The van der Waals surface area contributed by atoms with Crippen molar-refractivity contribution in [1.82, 2.24) is 0 Å². The maximum Gasteiger partial charge on any atom is 3.00 e. The van der Waals surface area contributed by atoms with E-state index in [9.17, 15) is 9.59 Å². The zero-order valence-corrected chi connectivity index (χ0v) is 13.1. The van der Waals surface area contributed by atoms with Crippen LogP contribution in [-0.2, 0) is 42.3 Å². The van der Waals surface area contributed by atoms with Gasteiger partial charge in [0.25, 0.3) is 0 Å². The van der Waals surface area contributed by atoms with Crippen LogP contribution < -0.4 is 0 Å². The number of hydrogen-bond donors (Lipinski definition) is 0. The first-order valence-corrected chi connectivity index (χ1v) is 5.74. The predicted octanol–water partition coefficient (Wildman–Crippen LogP) is 2.21. The van der Waals surface area contributed by atoms with Crippen LogP contribution >= 0.6 is 0 Å². The van der Waals surface area contributed by atoms with Crippen LogP contribution in [0.5, 0.6) is 0 Å². The molecule has 2 fully saturated rings. The van der Waals surface area contributed by atoms with Gasteiger partial charge in [-0.05, 0) is 23.7 Å². The fraction of sp³-hybridized carbons (Fsp3) is 0.833. The molecule has 1 aliphatic carbocycles. The Kier molecular flexibility index (Phi) is 4.34. The fourth-order valence-electron chi connectivity index (χ4n) is 3.28. The van der Waals surface area contributed by atoms with Gasteiger partial charge in [-0.25, -0.2) is 0 Å². The van der Waals surface area contributed by atoms with Crippen molar-refractivity contribution in [3.63, 3.8) is 0 Å². The van der Waals surface area contributed by atoms with Crippen LogP contribution in [0.15, 0.2) is 0 Å². The molecule has 0 radical (unpaired) electrons.